The fourth-order valence-corrected chi connectivity index (χ4v) is 1.92. The third-order valence-electron chi connectivity index (χ3n) is 2.86. The van der Waals surface area contributed by atoms with Crippen LogP contribution in [-0.4, -0.2) is 31.6 Å². The molecule has 0 fully saturated rings. The number of benzene rings is 1. The summed E-state index contributed by atoms with van der Waals surface area (Å²) in [6.07, 6.45) is 1.78. The average molecular weight is 249 g/mol. The van der Waals surface area contributed by atoms with Crippen LogP contribution in [0.2, 0.25) is 0 Å². The van der Waals surface area contributed by atoms with Gasteiger partial charge in [0.05, 0.1) is 6.61 Å². The summed E-state index contributed by atoms with van der Waals surface area (Å²) >= 11 is 0. The molecule has 1 atom stereocenters. The van der Waals surface area contributed by atoms with Crippen molar-refractivity contribution in [2.24, 2.45) is 0 Å². The molecule has 4 heteroatoms. The van der Waals surface area contributed by atoms with Gasteiger partial charge in [0.15, 0.2) is 0 Å². The van der Waals surface area contributed by atoms with Crippen molar-refractivity contribution in [3.8, 4) is 11.5 Å². The van der Waals surface area contributed by atoms with Gasteiger partial charge >= 0.3 is 0 Å². The first-order valence-corrected chi connectivity index (χ1v) is 6.15. The Labute approximate surface area is 107 Å². The van der Waals surface area contributed by atoms with Crippen LogP contribution >= 0.6 is 0 Å². The lowest BCUT2D eigenvalue weighted by Gasteiger charge is -2.21. The topological polar surface area (TPSA) is 50.7 Å². The van der Waals surface area contributed by atoms with Crippen molar-refractivity contribution in [1.29, 1.82) is 0 Å². The number of rotatable bonds is 5. The zero-order valence-electron chi connectivity index (χ0n) is 10.8. The van der Waals surface area contributed by atoms with E-state index in [1.165, 1.54) is 0 Å². The first-order valence-electron chi connectivity index (χ1n) is 6.15. The second kappa shape index (κ2) is 5.89. The highest BCUT2D eigenvalue weighted by molar-refractivity contribution is 5.71. The van der Waals surface area contributed by atoms with Gasteiger partial charge in [-0.2, -0.15) is 0 Å². The molecule has 4 nitrogen and oxygen atoms in total. The zero-order chi connectivity index (χ0) is 13.0. The van der Waals surface area contributed by atoms with E-state index >= 15 is 0 Å². The summed E-state index contributed by atoms with van der Waals surface area (Å²) in [5.41, 5.74) is 2.02. The van der Waals surface area contributed by atoms with Crippen LogP contribution in [-0.2, 0) is 0 Å². The largest absolute Gasteiger partial charge is 0.493 e. The Hall–Kier alpha value is -1.52. The van der Waals surface area contributed by atoms with Gasteiger partial charge in [-0.15, -0.1) is 0 Å². The van der Waals surface area contributed by atoms with Crippen LogP contribution in [0.25, 0.3) is 5.57 Å². The van der Waals surface area contributed by atoms with Gasteiger partial charge in [-0.1, -0.05) is 0 Å². The maximum absolute atomic E-state index is 9.52. The molecule has 0 amide bonds. The van der Waals surface area contributed by atoms with E-state index < -0.39 is 6.29 Å². The summed E-state index contributed by atoms with van der Waals surface area (Å²) in [6.45, 7) is 3.55. The highest BCUT2D eigenvalue weighted by atomic mass is 16.6. The van der Waals surface area contributed by atoms with E-state index in [2.05, 4.69) is 5.32 Å². The van der Waals surface area contributed by atoms with E-state index in [0.717, 1.165) is 29.9 Å². The lowest BCUT2D eigenvalue weighted by Crippen LogP contribution is -2.17. The number of ether oxygens (including phenoxy) is 2. The van der Waals surface area contributed by atoms with Crippen LogP contribution in [0.3, 0.4) is 0 Å². The molecule has 0 saturated heterocycles. The van der Waals surface area contributed by atoms with Crippen LogP contribution in [0.4, 0.5) is 0 Å². The normalized spacial score (nSPS) is 17.7. The lowest BCUT2D eigenvalue weighted by atomic mass is 10.0. The number of aliphatic hydroxyl groups excluding tert-OH is 1. The molecular formula is C14H19NO3. The van der Waals surface area contributed by atoms with E-state index in [-0.39, 0.29) is 0 Å². The number of hydrogen-bond acceptors (Lipinski definition) is 4. The highest BCUT2D eigenvalue weighted by Gasteiger charge is 2.16. The number of fused-ring (bicyclic) bond motifs is 1. The van der Waals surface area contributed by atoms with E-state index in [4.69, 9.17) is 9.47 Å². The Bertz CT molecular complexity index is 443. The third kappa shape index (κ3) is 3.03. The van der Waals surface area contributed by atoms with Crippen molar-refractivity contribution in [1.82, 2.24) is 5.32 Å². The Balaban J connectivity index is 2.04. The first-order chi connectivity index (χ1) is 8.70. The first kappa shape index (κ1) is 12.9. The summed E-state index contributed by atoms with van der Waals surface area (Å²) in [5, 5.41) is 12.6. The maximum Gasteiger partial charge on any atom is 0.217 e. The van der Waals surface area contributed by atoms with E-state index in [1.807, 2.05) is 32.2 Å². The minimum atomic E-state index is -0.864. The second-order valence-electron chi connectivity index (χ2n) is 4.32. The van der Waals surface area contributed by atoms with Crippen molar-refractivity contribution in [2.75, 3.05) is 20.2 Å². The Morgan fingerprint density at radius 2 is 2.28 bits per heavy atom. The van der Waals surface area contributed by atoms with Gasteiger partial charge in [-0.25, -0.2) is 0 Å². The van der Waals surface area contributed by atoms with Crippen molar-refractivity contribution >= 4 is 5.57 Å². The van der Waals surface area contributed by atoms with Crippen molar-refractivity contribution in [3.63, 3.8) is 0 Å². The van der Waals surface area contributed by atoms with Gasteiger partial charge < -0.3 is 19.9 Å². The molecule has 0 saturated carbocycles. The van der Waals surface area contributed by atoms with Crippen molar-refractivity contribution in [3.05, 3.63) is 29.8 Å². The SMILES string of the molecule is CNCCCOc1ccc2c(c1)OC(O)C=C2C. The fraction of sp³-hybridized carbons (Fsp3) is 0.429. The smallest absolute Gasteiger partial charge is 0.217 e. The van der Waals surface area contributed by atoms with E-state index in [9.17, 15) is 5.11 Å². The quantitative estimate of drug-likeness (QED) is 0.781. The summed E-state index contributed by atoms with van der Waals surface area (Å²) in [5.74, 6) is 1.44. The Morgan fingerprint density at radius 3 is 3.06 bits per heavy atom. The highest BCUT2D eigenvalue weighted by Crippen LogP contribution is 2.34. The van der Waals surface area contributed by atoms with Gasteiger partial charge in [0.2, 0.25) is 6.29 Å². The summed E-state index contributed by atoms with van der Waals surface area (Å²) in [7, 11) is 1.92. The number of hydrogen-bond donors (Lipinski definition) is 2. The van der Waals surface area contributed by atoms with Crippen LogP contribution < -0.4 is 14.8 Å². The molecule has 98 valence electrons. The van der Waals surface area contributed by atoms with E-state index in [1.54, 1.807) is 6.08 Å². The predicted molar refractivity (Wildman–Crippen MR) is 70.8 cm³/mol. The zero-order valence-corrected chi connectivity index (χ0v) is 10.8. The molecule has 0 radical (unpaired) electrons. The molecule has 0 aliphatic carbocycles. The summed E-state index contributed by atoms with van der Waals surface area (Å²) < 4.78 is 11.0. The summed E-state index contributed by atoms with van der Waals surface area (Å²) in [6, 6.07) is 5.71. The number of aliphatic hydroxyl groups is 1. The molecule has 0 bridgehead atoms. The fourth-order valence-electron chi connectivity index (χ4n) is 1.92. The average Bonchev–Trinajstić information content (AvgIpc) is 2.34. The minimum Gasteiger partial charge on any atom is -0.493 e. The molecule has 0 spiro atoms. The molecule has 0 aromatic heterocycles. The Kier molecular flexibility index (Phi) is 4.23. The molecular weight excluding hydrogens is 230 g/mol. The monoisotopic (exact) mass is 249 g/mol. The predicted octanol–water partition coefficient (Wildman–Crippen LogP) is 1.79. The summed E-state index contributed by atoms with van der Waals surface area (Å²) in [4.78, 5) is 0. The molecule has 2 rings (SSSR count). The number of allylic oxidation sites excluding steroid dienone is 1. The van der Waals surface area contributed by atoms with Gasteiger partial charge in [0.1, 0.15) is 11.5 Å². The standard InChI is InChI=1S/C14H19NO3/c1-10-8-14(16)18-13-9-11(4-5-12(10)13)17-7-3-6-15-2/h4-5,8-9,14-16H,3,6-7H2,1-2H3. The maximum atomic E-state index is 9.52. The second-order valence-corrected chi connectivity index (χ2v) is 4.32. The Morgan fingerprint density at radius 1 is 1.44 bits per heavy atom. The number of nitrogens with one attached hydrogen (secondary N) is 1. The molecule has 1 aliphatic heterocycles. The molecule has 18 heavy (non-hydrogen) atoms. The minimum absolute atomic E-state index is 0.664. The van der Waals surface area contributed by atoms with Crippen LogP contribution in [0.15, 0.2) is 24.3 Å². The van der Waals surface area contributed by atoms with Gasteiger partial charge in [-0.3, -0.25) is 0 Å². The van der Waals surface area contributed by atoms with Gasteiger partial charge in [0.25, 0.3) is 0 Å². The molecule has 1 aromatic carbocycles. The molecule has 2 N–H and O–H groups in total. The molecule has 1 aliphatic rings. The van der Waals surface area contributed by atoms with Crippen LogP contribution in [0.5, 0.6) is 11.5 Å². The van der Waals surface area contributed by atoms with Gasteiger partial charge in [-0.05, 0) is 50.7 Å². The lowest BCUT2D eigenvalue weighted by molar-refractivity contribution is 0.0223. The van der Waals surface area contributed by atoms with E-state index in [0.29, 0.717) is 12.4 Å². The van der Waals surface area contributed by atoms with Crippen molar-refractivity contribution < 1.29 is 14.6 Å². The van der Waals surface area contributed by atoms with Crippen LogP contribution in [0, 0.1) is 0 Å². The molecule has 1 heterocycles. The van der Waals surface area contributed by atoms with Gasteiger partial charge in [0, 0.05) is 11.6 Å². The molecule has 1 aromatic rings. The molecule has 1 unspecified atom stereocenters. The van der Waals surface area contributed by atoms with Crippen LogP contribution in [0.1, 0.15) is 18.9 Å². The third-order valence-corrected chi connectivity index (χ3v) is 2.86. The van der Waals surface area contributed by atoms with Crippen molar-refractivity contribution in [2.45, 2.75) is 19.6 Å².